The molecule has 0 aromatic heterocycles. The normalized spacial score (nSPS) is 15.7. The number of esters is 1. The maximum absolute atomic E-state index is 13.8. The van der Waals surface area contributed by atoms with Crippen molar-refractivity contribution in [1.29, 1.82) is 10.7 Å². The molecule has 9 nitrogen and oxygen atoms in total. The zero-order valence-corrected chi connectivity index (χ0v) is 26.3. The molecule has 2 aromatic rings. The molecule has 3 rings (SSSR count). The summed E-state index contributed by atoms with van der Waals surface area (Å²) in [4.78, 5) is 29.2. The molecule has 13 heteroatoms. The number of guanidine groups is 1. The van der Waals surface area contributed by atoms with Crippen LogP contribution in [0.4, 0.5) is 23.7 Å². The van der Waals surface area contributed by atoms with Crippen molar-refractivity contribution in [2.45, 2.75) is 32.0 Å². The number of carbonyl (C=O) groups is 2. The van der Waals surface area contributed by atoms with Gasteiger partial charge < -0.3 is 14.5 Å². The van der Waals surface area contributed by atoms with E-state index >= 15 is 0 Å². The Hall–Kier alpha value is -4.02. The Kier molecular flexibility index (Phi) is 11.5. The van der Waals surface area contributed by atoms with Gasteiger partial charge >= 0.3 is 18.2 Å². The molecule has 0 bridgehead atoms. The van der Waals surface area contributed by atoms with Gasteiger partial charge in [-0.15, -0.1) is 0 Å². The van der Waals surface area contributed by atoms with Crippen molar-refractivity contribution in [3.63, 3.8) is 0 Å². The molecular formula is C31H38F3N6O3S+. The lowest BCUT2D eigenvalue weighted by Gasteiger charge is -2.43. The van der Waals surface area contributed by atoms with E-state index in [1.807, 2.05) is 6.07 Å². The van der Waals surface area contributed by atoms with Crippen LogP contribution in [0, 0.1) is 16.7 Å². The summed E-state index contributed by atoms with van der Waals surface area (Å²) >= 11 is 1.78. The number of alkyl halides is 3. The van der Waals surface area contributed by atoms with Gasteiger partial charge in [0.05, 0.1) is 57.6 Å². The van der Waals surface area contributed by atoms with Crippen molar-refractivity contribution < 1.29 is 32.0 Å². The minimum atomic E-state index is -4.65. The molecule has 1 atom stereocenters. The Morgan fingerprint density at radius 1 is 1.11 bits per heavy atom. The SMILES string of the molecule is COC(=O)C1=C(C)N(c2cccc(C(F)(F)F)c2)C(=N)N(C(=O)NCCCSCCC[N+](C)(C)C)[C@@H]1c1ccc(C#N)cc1. The molecule has 44 heavy (non-hydrogen) atoms. The number of hydrogen-bond acceptors (Lipinski definition) is 6. The van der Waals surface area contributed by atoms with Gasteiger partial charge in [-0.2, -0.15) is 30.2 Å². The number of allylic oxidation sites excluding steroid dienone is 1. The van der Waals surface area contributed by atoms with Crippen LogP contribution in [0.25, 0.3) is 0 Å². The quantitative estimate of drug-likeness (QED) is 0.186. The fourth-order valence-corrected chi connectivity index (χ4v) is 5.70. The van der Waals surface area contributed by atoms with Gasteiger partial charge in [0, 0.05) is 24.4 Å². The molecule has 0 saturated heterocycles. The second-order valence-corrected chi connectivity index (χ2v) is 12.5. The fraction of sp³-hybridized carbons (Fsp3) is 0.419. The Morgan fingerprint density at radius 3 is 2.36 bits per heavy atom. The van der Waals surface area contributed by atoms with Gasteiger partial charge in [0.25, 0.3) is 0 Å². The first-order valence-electron chi connectivity index (χ1n) is 14.0. The van der Waals surface area contributed by atoms with Crippen LogP contribution in [-0.4, -0.2) is 80.2 Å². The summed E-state index contributed by atoms with van der Waals surface area (Å²) in [6, 6.07) is 10.7. The number of benzene rings is 2. The number of halogens is 3. The number of anilines is 1. The average molecular weight is 632 g/mol. The topological polar surface area (TPSA) is 110 Å². The number of carbonyl (C=O) groups excluding carboxylic acids is 2. The summed E-state index contributed by atoms with van der Waals surface area (Å²) in [5, 5.41) is 21.2. The fourth-order valence-electron chi connectivity index (χ4n) is 4.81. The van der Waals surface area contributed by atoms with Gasteiger partial charge in [0.15, 0.2) is 0 Å². The molecule has 1 heterocycles. The third-order valence-electron chi connectivity index (χ3n) is 6.97. The minimum Gasteiger partial charge on any atom is -0.466 e. The number of rotatable bonds is 11. The molecule has 0 unspecified atom stereocenters. The Morgan fingerprint density at radius 2 is 1.77 bits per heavy atom. The van der Waals surface area contributed by atoms with E-state index in [0.717, 1.165) is 58.0 Å². The molecule has 2 amide bonds. The summed E-state index contributed by atoms with van der Waals surface area (Å²) < 4.78 is 46.8. The van der Waals surface area contributed by atoms with E-state index in [2.05, 4.69) is 26.5 Å². The van der Waals surface area contributed by atoms with Gasteiger partial charge in [-0.1, -0.05) is 18.2 Å². The second-order valence-electron chi connectivity index (χ2n) is 11.3. The minimum absolute atomic E-state index is 0.0337. The van der Waals surface area contributed by atoms with Crippen LogP contribution >= 0.6 is 11.8 Å². The highest BCUT2D eigenvalue weighted by Crippen LogP contribution is 2.41. The van der Waals surface area contributed by atoms with E-state index in [4.69, 9.17) is 10.1 Å². The Bertz CT molecular complexity index is 1430. The van der Waals surface area contributed by atoms with Gasteiger partial charge in [-0.3, -0.25) is 15.2 Å². The van der Waals surface area contributed by atoms with Crippen LogP contribution in [0.1, 0.15) is 42.5 Å². The van der Waals surface area contributed by atoms with Crippen LogP contribution < -0.4 is 10.2 Å². The van der Waals surface area contributed by atoms with Gasteiger partial charge in [0.1, 0.15) is 6.04 Å². The van der Waals surface area contributed by atoms with E-state index in [9.17, 15) is 28.0 Å². The molecular weight excluding hydrogens is 593 g/mol. The van der Waals surface area contributed by atoms with Crippen LogP contribution in [0.3, 0.4) is 0 Å². The van der Waals surface area contributed by atoms with Crippen LogP contribution in [-0.2, 0) is 15.7 Å². The molecule has 0 fully saturated rings. The number of methoxy groups -OCH3 is 1. The average Bonchev–Trinajstić information content (AvgIpc) is 2.97. The van der Waals surface area contributed by atoms with E-state index in [1.165, 1.54) is 31.2 Å². The third kappa shape index (κ3) is 8.54. The Labute approximate surface area is 260 Å². The zero-order chi connectivity index (χ0) is 32.7. The first kappa shape index (κ1) is 34.5. The van der Waals surface area contributed by atoms with E-state index in [0.29, 0.717) is 17.5 Å². The standard InChI is InChI=1S/C31H37F3N6O3S/c1-21-26(28(41)43-5)27(23-13-11-22(20-35)12-14-23)39(30(42)37-15-7-17-44-18-8-16-40(2,3)4)29(36)38(21)25-10-6-9-24(19-25)31(32,33)34/h6,9-14,19,27,36H,7-8,15-18H2,1-5H3/p+1/t27-/m1/s1. The molecule has 0 radical (unpaired) electrons. The predicted octanol–water partition coefficient (Wildman–Crippen LogP) is 5.75. The largest absolute Gasteiger partial charge is 0.466 e. The van der Waals surface area contributed by atoms with Crippen LogP contribution in [0.2, 0.25) is 0 Å². The monoisotopic (exact) mass is 631 g/mol. The molecule has 2 N–H and O–H groups in total. The molecule has 1 aliphatic heterocycles. The number of ether oxygens (including phenoxy) is 1. The summed E-state index contributed by atoms with van der Waals surface area (Å²) in [5.74, 6) is 0.524. The van der Waals surface area contributed by atoms with E-state index < -0.39 is 35.7 Å². The molecule has 0 spiro atoms. The van der Waals surface area contributed by atoms with Crippen LogP contribution in [0.15, 0.2) is 59.8 Å². The summed E-state index contributed by atoms with van der Waals surface area (Å²) in [6.07, 6.45) is -2.94. The number of urea groups is 1. The van der Waals surface area contributed by atoms with Crippen molar-refractivity contribution in [3.05, 3.63) is 76.5 Å². The number of amides is 2. The first-order valence-corrected chi connectivity index (χ1v) is 15.2. The van der Waals surface area contributed by atoms with Gasteiger partial charge in [-0.05, 0) is 60.7 Å². The lowest BCUT2D eigenvalue weighted by Crippen LogP contribution is -2.56. The molecule has 236 valence electrons. The lowest BCUT2D eigenvalue weighted by atomic mass is 9.92. The summed E-state index contributed by atoms with van der Waals surface area (Å²) in [5.41, 5.74) is -0.136. The predicted molar refractivity (Wildman–Crippen MR) is 165 cm³/mol. The van der Waals surface area contributed by atoms with Crippen molar-refractivity contribution in [2.24, 2.45) is 0 Å². The maximum atomic E-state index is 13.8. The van der Waals surface area contributed by atoms with E-state index in [1.54, 1.807) is 23.9 Å². The number of hydrogen-bond donors (Lipinski definition) is 2. The molecule has 2 aromatic carbocycles. The number of thioether (sulfide) groups is 1. The molecule has 0 saturated carbocycles. The molecule has 0 aliphatic carbocycles. The summed E-state index contributed by atoms with van der Waals surface area (Å²) in [7, 11) is 7.58. The molecule has 1 aliphatic rings. The number of nitriles is 1. The highest BCUT2D eigenvalue weighted by atomic mass is 32.2. The zero-order valence-electron chi connectivity index (χ0n) is 25.5. The summed E-state index contributed by atoms with van der Waals surface area (Å²) in [6.45, 7) is 2.82. The second kappa shape index (κ2) is 14.6. The third-order valence-corrected chi connectivity index (χ3v) is 8.12. The maximum Gasteiger partial charge on any atom is 0.416 e. The number of nitrogens with zero attached hydrogens (tertiary/aromatic N) is 4. The highest BCUT2D eigenvalue weighted by Gasteiger charge is 2.44. The lowest BCUT2D eigenvalue weighted by molar-refractivity contribution is -0.870. The van der Waals surface area contributed by atoms with E-state index in [-0.39, 0.29) is 23.5 Å². The number of nitrogens with one attached hydrogen (secondary N) is 2. The van der Waals surface area contributed by atoms with Crippen molar-refractivity contribution in [1.82, 2.24) is 10.2 Å². The smallest absolute Gasteiger partial charge is 0.416 e. The van der Waals surface area contributed by atoms with Gasteiger partial charge in [-0.25, -0.2) is 9.59 Å². The number of quaternary nitrogens is 1. The Balaban J connectivity index is 1.97. The van der Waals surface area contributed by atoms with Crippen molar-refractivity contribution in [3.8, 4) is 6.07 Å². The van der Waals surface area contributed by atoms with Crippen LogP contribution in [0.5, 0.6) is 0 Å². The van der Waals surface area contributed by atoms with Gasteiger partial charge in [0.2, 0.25) is 5.96 Å². The van der Waals surface area contributed by atoms with Crippen molar-refractivity contribution in [2.75, 3.05) is 57.7 Å². The highest BCUT2D eigenvalue weighted by molar-refractivity contribution is 7.99. The first-order chi connectivity index (χ1) is 20.7. The van der Waals surface area contributed by atoms with Crippen molar-refractivity contribution >= 4 is 35.4 Å².